The van der Waals surface area contributed by atoms with Crippen molar-refractivity contribution in [1.29, 1.82) is 0 Å². The molecular formula is C18H24N2O4. The van der Waals surface area contributed by atoms with E-state index in [0.29, 0.717) is 31.3 Å². The molecule has 2 amide bonds. The molecule has 1 fully saturated rings. The zero-order valence-corrected chi connectivity index (χ0v) is 13.9. The molecule has 1 aromatic rings. The zero-order chi connectivity index (χ0) is 17.4. The van der Waals surface area contributed by atoms with Gasteiger partial charge in [0.1, 0.15) is 0 Å². The molecule has 0 unspecified atom stereocenters. The number of rotatable bonds is 5. The van der Waals surface area contributed by atoms with Gasteiger partial charge in [0, 0.05) is 31.5 Å². The number of esters is 1. The van der Waals surface area contributed by atoms with Crippen molar-refractivity contribution in [3.8, 4) is 0 Å². The number of benzene rings is 1. The Bertz CT molecular complexity index is 575. The lowest BCUT2D eigenvalue weighted by molar-refractivity contribution is -0.137. The van der Waals surface area contributed by atoms with Gasteiger partial charge in [0.15, 0.2) is 0 Å². The van der Waals surface area contributed by atoms with Crippen molar-refractivity contribution in [2.75, 3.05) is 31.6 Å². The Morgan fingerprint density at radius 2 is 1.96 bits per heavy atom. The first-order valence-electron chi connectivity index (χ1n) is 8.24. The van der Waals surface area contributed by atoms with Crippen molar-refractivity contribution in [3.63, 3.8) is 0 Å². The Labute approximate surface area is 142 Å². The molecule has 0 aromatic heterocycles. The lowest BCUT2D eigenvalue weighted by Crippen LogP contribution is -2.41. The fourth-order valence-electron chi connectivity index (χ4n) is 2.55. The predicted molar refractivity (Wildman–Crippen MR) is 92.5 cm³/mol. The summed E-state index contributed by atoms with van der Waals surface area (Å²) in [6.07, 6.45) is 4.72. The minimum atomic E-state index is -0.374. The van der Waals surface area contributed by atoms with Gasteiger partial charge >= 0.3 is 12.0 Å². The number of aliphatic hydroxyl groups is 1. The second-order valence-corrected chi connectivity index (χ2v) is 5.75. The van der Waals surface area contributed by atoms with Crippen LogP contribution in [0.4, 0.5) is 10.5 Å². The van der Waals surface area contributed by atoms with Crippen LogP contribution in [0.15, 0.2) is 30.3 Å². The molecule has 1 saturated heterocycles. The number of urea groups is 1. The lowest BCUT2D eigenvalue weighted by Gasteiger charge is -2.31. The topological polar surface area (TPSA) is 78.9 Å². The average molecular weight is 332 g/mol. The maximum absolute atomic E-state index is 12.2. The molecule has 24 heavy (non-hydrogen) atoms. The molecule has 1 aliphatic heterocycles. The predicted octanol–water partition coefficient (Wildman–Crippen LogP) is 2.50. The van der Waals surface area contributed by atoms with Crippen LogP contribution in [-0.4, -0.2) is 48.3 Å². The summed E-state index contributed by atoms with van der Waals surface area (Å²) >= 11 is 0. The van der Waals surface area contributed by atoms with E-state index in [4.69, 9.17) is 9.84 Å². The van der Waals surface area contributed by atoms with Crippen molar-refractivity contribution in [3.05, 3.63) is 35.9 Å². The van der Waals surface area contributed by atoms with Crippen molar-refractivity contribution >= 4 is 23.8 Å². The van der Waals surface area contributed by atoms with Crippen LogP contribution in [0.5, 0.6) is 0 Å². The number of aliphatic hydroxyl groups excluding tert-OH is 1. The molecule has 6 heteroatoms. The quantitative estimate of drug-likeness (QED) is 0.641. The summed E-state index contributed by atoms with van der Waals surface area (Å²) in [6, 6.07) is 7.11. The van der Waals surface area contributed by atoms with Gasteiger partial charge in [-0.25, -0.2) is 9.59 Å². The highest BCUT2D eigenvalue weighted by Crippen LogP contribution is 2.18. The number of carbonyl (C=O) groups is 2. The van der Waals surface area contributed by atoms with E-state index >= 15 is 0 Å². The van der Waals surface area contributed by atoms with Crippen molar-refractivity contribution in [2.45, 2.75) is 19.8 Å². The van der Waals surface area contributed by atoms with Crippen molar-refractivity contribution < 1.29 is 19.4 Å². The van der Waals surface area contributed by atoms with Crippen molar-refractivity contribution in [2.24, 2.45) is 5.92 Å². The summed E-state index contributed by atoms with van der Waals surface area (Å²) in [4.78, 5) is 25.2. The molecule has 0 aliphatic carbocycles. The van der Waals surface area contributed by atoms with Gasteiger partial charge in [-0.05, 0) is 49.5 Å². The smallest absolute Gasteiger partial charge is 0.330 e. The maximum Gasteiger partial charge on any atom is 0.330 e. The van der Waals surface area contributed by atoms with Gasteiger partial charge in [-0.3, -0.25) is 0 Å². The van der Waals surface area contributed by atoms with E-state index in [9.17, 15) is 9.59 Å². The number of anilines is 1. The van der Waals surface area contributed by atoms with Gasteiger partial charge in [-0.15, -0.1) is 0 Å². The van der Waals surface area contributed by atoms with Gasteiger partial charge in [-0.2, -0.15) is 0 Å². The Hall–Kier alpha value is -2.34. The van der Waals surface area contributed by atoms with Crippen LogP contribution in [0.25, 0.3) is 6.08 Å². The number of piperidine rings is 1. The van der Waals surface area contributed by atoms with E-state index in [1.807, 2.05) is 12.1 Å². The molecule has 2 N–H and O–H groups in total. The molecule has 2 rings (SSSR count). The number of likely N-dealkylation sites (tertiary alicyclic amines) is 1. The molecule has 0 bridgehead atoms. The van der Waals surface area contributed by atoms with Crippen LogP contribution in [0.2, 0.25) is 0 Å². The zero-order valence-electron chi connectivity index (χ0n) is 13.9. The molecule has 0 atom stereocenters. The number of hydrogen-bond donors (Lipinski definition) is 2. The maximum atomic E-state index is 12.2. The molecular weight excluding hydrogens is 308 g/mol. The normalized spacial score (nSPS) is 15.5. The Morgan fingerprint density at radius 3 is 2.54 bits per heavy atom. The summed E-state index contributed by atoms with van der Waals surface area (Å²) in [5.41, 5.74) is 1.56. The number of nitrogens with one attached hydrogen (secondary N) is 1. The largest absolute Gasteiger partial charge is 0.463 e. The van der Waals surface area contributed by atoms with Crippen LogP contribution in [0.1, 0.15) is 25.3 Å². The summed E-state index contributed by atoms with van der Waals surface area (Å²) in [7, 11) is 0. The van der Waals surface area contributed by atoms with Crippen LogP contribution in [0.3, 0.4) is 0 Å². The molecule has 6 nitrogen and oxygen atoms in total. The molecule has 1 aromatic carbocycles. The first kappa shape index (κ1) is 18.0. The SMILES string of the molecule is CCOC(=O)/C=C/c1ccc(NC(=O)N2CCC(CO)CC2)cc1. The first-order valence-corrected chi connectivity index (χ1v) is 8.24. The second kappa shape index (κ2) is 9.08. The number of carbonyl (C=O) groups excluding carboxylic acids is 2. The minimum absolute atomic E-state index is 0.124. The molecule has 1 heterocycles. The molecule has 0 saturated carbocycles. The van der Waals surface area contributed by atoms with Gasteiger partial charge in [0.25, 0.3) is 0 Å². The van der Waals surface area contributed by atoms with Gasteiger partial charge in [0.05, 0.1) is 6.61 Å². The van der Waals surface area contributed by atoms with Crippen LogP contribution < -0.4 is 5.32 Å². The Balaban J connectivity index is 1.85. The summed E-state index contributed by atoms with van der Waals surface area (Å²) < 4.78 is 4.82. The van der Waals surface area contributed by atoms with Gasteiger partial charge in [-0.1, -0.05) is 12.1 Å². The van der Waals surface area contributed by atoms with Crippen LogP contribution in [-0.2, 0) is 9.53 Å². The molecule has 130 valence electrons. The standard InChI is InChI=1S/C18H24N2O4/c1-2-24-17(22)8-5-14-3-6-16(7-4-14)19-18(23)20-11-9-15(13-21)10-12-20/h3-8,15,21H,2,9-13H2,1H3,(H,19,23)/b8-5+. The summed E-state index contributed by atoms with van der Waals surface area (Å²) in [5, 5.41) is 12.0. The number of amides is 2. The Kier molecular flexibility index (Phi) is 6.81. The van der Waals surface area contributed by atoms with E-state index in [1.165, 1.54) is 6.08 Å². The van der Waals surface area contributed by atoms with E-state index in [-0.39, 0.29) is 18.6 Å². The number of ether oxygens (including phenoxy) is 1. The number of nitrogens with zero attached hydrogens (tertiary/aromatic N) is 1. The van der Waals surface area contributed by atoms with Crippen molar-refractivity contribution in [1.82, 2.24) is 4.90 Å². The number of hydrogen-bond acceptors (Lipinski definition) is 4. The fraction of sp³-hybridized carbons (Fsp3) is 0.444. The average Bonchev–Trinajstić information content (AvgIpc) is 2.61. The van der Waals surface area contributed by atoms with E-state index in [0.717, 1.165) is 18.4 Å². The van der Waals surface area contributed by atoms with E-state index in [1.54, 1.807) is 30.0 Å². The third-order valence-corrected chi connectivity index (χ3v) is 4.02. The third kappa shape index (κ3) is 5.38. The van der Waals surface area contributed by atoms with Gasteiger partial charge < -0.3 is 20.1 Å². The lowest BCUT2D eigenvalue weighted by atomic mass is 9.98. The fourth-order valence-corrected chi connectivity index (χ4v) is 2.55. The highest BCUT2D eigenvalue weighted by Gasteiger charge is 2.22. The summed E-state index contributed by atoms with van der Waals surface area (Å²) in [5.74, 6) is -0.0688. The Morgan fingerprint density at radius 1 is 1.29 bits per heavy atom. The molecule has 0 radical (unpaired) electrons. The van der Waals surface area contributed by atoms with E-state index in [2.05, 4.69) is 5.32 Å². The van der Waals surface area contributed by atoms with Crippen LogP contribution >= 0.6 is 0 Å². The highest BCUT2D eigenvalue weighted by atomic mass is 16.5. The second-order valence-electron chi connectivity index (χ2n) is 5.75. The summed E-state index contributed by atoms with van der Waals surface area (Å²) in [6.45, 7) is 3.63. The minimum Gasteiger partial charge on any atom is -0.463 e. The highest BCUT2D eigenvalue weighted by molar-refractivity contribution is 5.90. The van der Waals surface area contributed by atoms with Gasteiger partial charge in [0.2, 0.25) is 0 Å². The third-order valence-electron chi connectivity index (χ3n) is 4.02. The van der Waals surface area contributed by atoms with Crippen LogP contribution in [0, 0.1) is 5.92 Å². The van der Waals surface area contributed by atoms with E-state index < -0.39 is 0 Å². The monoisotopic (exact) mass is 332 g/mol. The molecule has 0 spiro atoms. The first-order chi connectivity index (χ1) is 11.6. The molecule has 1 aliphatic rings.